The van der Waals surface area contributed by atoms with Crippen LogP contribution in [-0.2, 0) is 4.74 Å². The normalized spacial score (nSPS) is 18.9. The topological polar surface area (TPSA) is 67.3 Å². The van der Waals surface area contributed by atoms with Gasteiger partial charge in [-0.15, -0.1) is 0 Å². The van der Waals surface area contributed by atoms with Crippen LogP contribution >= 0.6 is 0 Å². The van der Waals surface area contributed by atoms with Crippen LogP contribution in [0.25, 0.3) is 0 Å². The summed E-state index contributed by atoms with van der Waals surface area (Å²) >= 11 is 0. The SMILES string of the molecule is CC(C)(C)OC(=O)N1CC[C@H](CNc2ncccn2)C1. The van der Waals surface area contributed by atoms with E-state index in [0.29, 0.717) is 11.9 Å². The highest BCUT2D eigenvalue weighted by molar-refractivity contribution is 5.68. The van der Waals surface area contributed by atoms with Gasteiger partial charge in [-0.1, -0.05) is 0 Å². The van der Waals surface area contributed by atoms with E-state index in [-0.39, 0.29) is 6.09 Å². The van der Waals surface area contributed by atoms with E-state index in [2.05, 4.69) is 15.3 Å². The zero-order valence-corrected chi connectivity index (χ0v) is 12.3. The van der Waals surface area contributed by atoms with Crippen molar-refractivity contribution in [2.24, 2.45) is 5.92 Å². The minimum atomic E-state index is -0.439. The largest absolute Gasteiger partial charge is 0.444 e. The first kappa shape index (κ1) is 14.6. The van der Waals surface area contributed by atoms with Gasteiger partial charge in [0.25, 0.3) is 0 Å². The molecule has 1 aliphatic heterocycles. The Balaban J connectivity index is 1.76. The number of amides is 1. The average molecular weight is 278 g/mol. The lowest BCUT2D eigenvalue weighted by Gasteiger charge is -2.24. The summed E-state index contributed by atoms with van der Waals surface area (Å²) in [6.07, 6.45) is 4.16. The number of rotatable bonds is 3. The molecule has 110 valence electrons. The molecule has 1 atom stereocenters. The van der Waals surface area contributed by atoms with Gasteiger partial charge in [0.1, 0.15) is 5.60 Å². The number of carbonyl (C=O) groups excluding carboxylic acids is 1. The Kier molecular flexibility index (Phi) is 4.42. The van der Waals surface area contributed by atoms with Crippen molar-refractivity contribution in [3.8, 4) is 0 Å². The molecular weight excluding hydrogens is 256 g/mol. The maximum absolute atomic E-state index is 11.9. The van der Waals surface area contributed by atoms with E-state index in [1.165, 1.54) is 0 Å². The summed E-state index contributed by atoms with van der Waals surface area (Å²) in [5, 5.41) is 3.19. The molecule has 1 amide bonds. The third-order valence-electron chi connectivity index (χ3n) is 3.05. The van der Waals surface area contributed by atoms with Gasteiger partial charge < -0.3 is 15.0 Å². The first-order chi connectivity index (χ1) is 9.44. The first-order valence-electron chi connectivity index (χ1n) is 6.93. The van der Waals surface area contributed by atoms with Gasteiger partial charge in [-0.2, -0.15) is 0 Å². The van der Waals surface area contributed by atoms with Crippen LogP contribution in [0.15, 0.2) is 18.5 Å². The Labute approximate surface area is 119 Å². The Bertz CT molecular complexity index is 444. The second kappa shape index (κ2) is 6.07. The van der Waals surface area contributed by atoms with Gasteiger partial charge in [-0.05, 0) is 39.2 Å². The van der Waals surface area contributed by atoms with Crippen molar-refractivity contribution in [1.29, 1.82) is 0 Å². The summed E-state index contributed by atoms with van der Waals surface area (Å²) in [5.41, 5.74) is -0.439. The van der Waals surface area contributed by atoms with Crippen molar-refractivity contribution in [3.63, 3.8) is 0 Å². The molecule has 1 aromatic rings. The van der Waals surface area contributed by atoms with E-state index in [1.807, 2.05) is 20.8 Å². The lowest BCUT2D eigenvalue weighted by Crippen LogP contribution is -2.35. The minimum absolute atomic E-state index is 0.226. The Morgan fingerprint density at radius 2 is 2.15 bits per heavy atom. The van der Waals surface area contributed by atoms with Crippen molar-refractivity contribution < 1.29 is 9.53 Å². The molecule has 2 heterocycles. The molecule has 2 rings (SSSR count). The molecule has 1 aromatic heterocycles. The predicted octanol–water partition coefficient (Wildman–Crippen LogP) is 2.15. The van der Waals surface area contributed by atoms with Crippen molar-refractivity contribution in [3.05, 3.63) is 18.5 Å². The molecular formula is C14H22N4O2. The highest BCUT2D eigenvalue weighted by Crippen LogP contribution is 2.19. The first-order valence-corrected chi connectivity index (χ1v) is 6.93. The average Bonchev–Trinajstić information content (AvgIpc) is 2.84. The Morgan fingerprint density at radius 1 is 1.45 bits per heavy atom. The van der Waals surface area contributed by atoms with E-state index < -0.39 is 5.60 Å². The standard InChI is InChI=1S/C14H22N4O2/c1-14(2,3)20-13(19)18-8-5-11(10-18)9-17-12-15-6-4-7-16-12/h4,6-7,11H,5,8-10H2,1-3H3,(H,15,16,17)/t11-/m1/s1. The number of likely N-dealkylation sites (tertiary alicyclic amines) is 1. The van der Waals surface area contributed by atoms with Gasteiger partial charge in [0.05, 0.1) is 0 Å². The zero-order valence-electron chi connectivity index (χ0n) is 12.3. The molecule has 0 bridgehead atoms. The lowest BCUT2D eigenvalue weighted by molar-refractivity contribution is 0.0289. The van der Waals surface area contributed by atoms with Crippen molar-refractivity contribution >= 4 is 12.0 Å². The number of hydrogen-bond acceptors (Lipinski definition) is 5. The number of nitrogens with zero attached hydrogens (tertiary/aromatic N) is 3. The fraction of sp³-hybridized carbons (Fsp3) is 0.643. The van der Waals surface area contributed by atoms with E-state index in [0.717, 1.165) is 26.1 Å². The molecule has 1 aliphatic rings. The van der Waals surface area contributed by atoms with Crippen molar-refractivity contribution in [2.45, 2.75) is 32.8 Å². The second-order valence-electron chi connectivity index (χ2n) is 6.03. The van der Waals surface area contributed by atoms with Crippen LogP contribution in [0.4, 0.5) is 10.7 Å². The third kappa shape index (κ3) is 4.36. The van der Waals surface area contributed by atoms with E-state index in [1.54, 1.807) is 23.4 Å². The molecule has 0 spiro atoms. The smallest absolute Gasteiger partial charge is 0.410 e. The van der Waals surface area contributed by atoms with Gasteiger partial charge in [-0.3, -0.25) is 0 Å². The van der Waals surface area contributed by atoms with E-state index in [9.17, 15) is 4.79 Å². The van der Waals surface area contributed by atoms with Crippen LogP contribution in [0.1, 0.15) is 27.2 Å². The summed E-state index contributed by atoms with van der Waals surface area (Å²) < 4.78 is 5.37. The zero-order chi connectivity index (χ0) is 14.6. The predicted molar refractivity (Wildman–Crippen MR) is 76.4 cm³/mol. The number of carbonyl (C=O) groups is 1. The summed E-state index contributed by atoms with van der Waals surface area (Å²) in [6, 6.07) is 1.78. The number of anilines is 1. The molecule has 1 saturated heterocycles. The fourth-order valence-corrected chi connectivity index (χ4v) is 2.12. The molecule has 0 aromatic carbocycles. The Morgan fingerprint density at radius 3 is 2.80 bits per heavy atom. The molecule has 1 N–H and O–H groups in total. The van der Waals surface area contributed by atoms with Crippen LogP contribution in [0.2, 0.25) is 0 Å². The number of aromatic nitrogens is 2. The van der Waals surface area contributed by atoms with Gasteiger partial charge in [-0.25, -0.2) is 14.8 Å². The number of nitrogens with one attached hydrogen (secondary N) is 1. The van der Waals surface area contributed by atoms with Crippen LogP contribution in [0.3, 0.4) is 0 Å². The molecule has 6 nitrogen and oxygen atoms in total. The highest BCUT2D eigenvalue weighted by Gasteiger charge is 2.29. The molecule has 6 heteroatoms. The van der Waals surface area contributed by atoms with Crippen molar-refractivity contribution in [2.75, 3.05) is 25.0 Å². The molecule has 0 saturated carbocycles. The number of hydrogen-bond donors (Lipinski definition) is 1. The van der Waals surface area contributed by atoms with Crippen LogP contribution < -0.4 is 5.32 Å². The molecule has 20 heavy (non-hydrogen) atoms. The minimum Gasteiger partial charge on any atom is -0.444 e. The second-order valence-corrected chi connectivity index (χ2v) is 6.03. The van der Waals surface area contributed by atoms with E-state index in [4.69, 9.17) is 4.74 Å². The molecule has 1 fully saturated rings. The lowest BCUT2D eigenvalue weighted by atomic mass is 10.1. The van der Waals surface area contributed by atoms with Gasteiger partial charge >= 0.3 is 6.09 Å². The fourth-order valence-electron chi connectivity index (χ4n) is 2.12. The van der Waals surface area contributed by atoms with Crippen molar-refractivity contribution in [1.82, 2.24) is 14.9 Å². The van der Waals surface area contributed by atoms with Crippen LogP contribution in [0.5, 0.6) is 0 Å². The maximum atomic E-state index is 11.9. The van der Waals surface area contributed by atoms with Gasteiger partial charge in [0.15, 0.2) is 0 Å². The molecule has 0 aliphatic carbocycles. The summed E-state index contributed by atoms with van der Waals surface area (Å²) in [5.74, 6) is 1.04. The van der Waals surface area contributed by atoms with Gasteiger partial charge in [0.2, 0.25) is 5.95 Å². The van der Waals surface area contributed by atoms with Crippen LogP contribution in [0, 0.1) is 5.92 Å². The van der Waals surface area contributed by atoms with Crippen LogP contribution in [-0.4, -0.2) is 46.2 Å². The quantitative estimate of drug-likeness (QED) is 0.917. The monoisotopic (exact) mass is 278 g/mol. The van der Waals surface area contributed by atoms with E-state index >= 15 is 0 Å². The third-order valence-corrected chi connectivity index (χ3v) is 3.05. The summed E-state index contributed by atoms with van der Waals surface area (Å²) in [6.45, 7) is 7.88. The maximum Gasteiger partial charge on any atom is 0.410 e. The van der Waals surface area contributed by atoms with Gasteiger partial charge in [0, 0.05) is 32.0 Å². The summed E-state index contributed by atoms with van der Waals surface area (Å²) in [4.78, 5) is 21.9. The molecule has 0 unspecified atom stereocenters. The Hall–Kier alpha value is -1.85. The summed E-state index contributed by atoms with van der Waals surface area (Å²) in [7, 11) is 0. The molecule has 0 radical (unpaired) electrons. The highest BCUT2D eigenvalue weighted by atomic mass is 16.6. The number of ether oxygens (including phenoxy) is 1.